The molecule has 10 aromatic rings. The van der Waals surface area contributed by atoms with E-state index in [1.54, 1.807) is 0 Å². The van der Waals surface area contributed by atoms with E-state index in [1.807, 2.05) is 0 Å². The summed E-state index contributed by atoms with van der Waals surface area (Å²) < 4.78 is 0. The lowest BCUT2D eigenvalue weighted by Crippen LogP contribution is -2.22. The minimum absolute atomic E-state index is 0.250. The Morgan fingerprint density at radius 2 is 1.08 bits per heavy atom. The summed E-state index contributed by atoms with van der Waals surface area (Å²) in [7, 11) is 0. The van der Waals surface area contributed by atoms with Crippen molar-refractivity contribution in [3.8, 4) is 33.4 Å². The second-order valence-electron chi connectivity index (χ2n) is 17.2. The van der Waals surface area contributed by atoms with Gasteiger partial charge in [0.15, 0.2) is 0 Å². The maximum absolute atomic E-state index is 2.54. The van der Waals surface area contributed by atoms with Crippen LogP contribution in [0.3, 0.4) is 0 Å². The highest BCUT2D eigenvalue weighted by atomic mass is 15.1. The molecule has 0 N–H and O–H groups in total. The maximum atomic E-state index is 2.54. The second kappa shape index (κ2) is 15.0. The average Bonchev–Trinajstić information content (AvgIpc) is 3.63. The van der Waals surface area contributed by atoms with Crippen LogP contribution in [-0.4, -0.2) is 0 Å². The molecular formula is C62H45N. The molecule has 0 saturated carbocycles. The number of fused-ring (bicyclic) bond motifs is 7. The Labute approximate surface area is 369 Å². The van der Waals surface area contributed by atoms with Gasteiger partial charge in [0, 0.05) is 28.1 Å². The SMILES string of the molecule is CC1(c2ccccc2)c2ccccc2-c2c(N(c3ccc(-c4cccc5c4ccc4ccccc45)cc3)c3ccccc3-c3cccc4c3C(c3ccccc3)CC=C4)cccc21. The molecule has 2 unspecified atom stereocenters. The number of hydrogen-bond acceptors (Lipinski definition) is 1. The first kappa shape index (κ1) is 37.1. The first-order valence-electron chi connectivity index (χ1n) is 22.2. The van der Waals surface area contributed by atoms with E-state index < -0.39 is 0 Å². The fraction of sp³-hybridized carbons (Fsp3) is 0.0645. The van der Waals surface area contributed by atoms with Crippen LogP contribution < -0.4 is 4.90 Å². The molecule has 0 amide bonds. The van der Waals surface area contributed by atoms with Crippen molar-refractivity contribution in [2.75, 3.05) is 4.90 Å². The number of hydrogen-bond donors (Lipinski definition) is 0. The Bertz CT molecular complexity index is 3380. The minimum atomic E-state index is -0.329. The molecule has 2 aliphatic carbocycles. The van der Waals surface area contributed by atoms with Crippen LogP contribution in [0.4, 0.5) is 17.1 Å². The summed E-state index contributed by atoms with van der Waals surface area (Å²) in [6, 6.07) is 83.3. The van der Waals surface area contributed by atoms with Gasteiger partial charge in [-0.3, -0.25) is 0 Å². The largest absolute Gasteiger partial charge is 0.309 e. The zero-order chi connectivity index (χ0) is 41.9. The number of para-hydroxylation sites is 1. The lowest BCUT2D eigenvalue weighted by molar-refractivity contribution is 0.714. The van der Waals surface area contributed by atoms with E-state index in [2.05, 4.69) is 248 Å². The molecule has 0 bridgehead atoms. The van der Waals surface area contributed by atoms with Crippen molar-refractivity contribution in [2.24, 2.45) is 0 Å². The average molecular weight is 804 g/mol. The molecule has 0 aromatic heterocycles. The second-order valence-corrected chi connectivity index (χ2v) is 17.2. The highest BCUT2D eigenvalue weighted by Crippen LogP contribution is 2.57. The monoisotopic (exact) mass is 803 g/mol. The zero-order valence-corrected chi connectivity index (χ0v) is 35.2. The van der Waals surface area contributed by atoms with Gasteiger partial charge in [-0.1, -0.05) is 212 Å². The molecule has 0 fully saturated rings. The summed E-state index contributed by atoms with van der Waals surface area (Å²) >= 11 is 0. The predicted octanol–water partition coefficient (Wildman–Crippen LogP) is 16.7. The third-order valence-electron chi connectivity index (χ3n) is 13.9. The van der Waals surface area contributed by atoms with Crippen LogP contribution in [-0.2, 0) is 5.41 Å². The molecule has 1 heteroatoms. The van der Waals surface area contributed by atoms with Crippen LogP contribution in [0.5, 0.6) is 0 Å². The van der Waals surface area contributed by atoms with Gasteiger partial charge in [0.1, 0.15) is 0 Å². The van der Waals surface area contributed by atoms with Crippen molar-refractivity contribution >= 4 is 44.7 Å². The van der Waals surface area contributed by atoms with Gasteiger partial charge in [-0.2, -0.15) is 0 Å². The number of benzene rings is 10. The van der Waals surface area contributed by atoms with Gasteiger partial charge in [0.2, 0.25) is 0 Å². The Kier molecular flexibility index (Phi) is 8.83. The Morgan fingerprint density at radius 3 is 1.94 bits per heavy atom. The standard InChI is InChI=1S/C62H45N/c1-62(46-23-6-3-7-24-46)56-32-12-10-27-55(56)61-57(62)33-17-35-59(61)63(47-39-36-44(37-40-47)49-28-16-30-51-48-25-9-8-20-43(48)38-41-52(49)51)58-34-13-11-26-53(58)54-31-15-22-45-21-14-29-50(60(45)54)42-18-4-2-5-19-42/h2-28,30-41,50H,29H2,1H3. The van der Waals surface area contributed by atoms with Crippen molar-refractivity contribution in [1.82, 2.24) is 0 Å². The highest BCUT2D eigenvalue weighted by molar-refractivity contribution is 6.12. The van der Waals surface area contributed by atoms with Gasteiger partial charge in [-0.05, 0) is 115 Å². The molecule has 1 nitrogen and oxygen atoms in total. The zero-order valence-electron chi connectivity index (χ0n) is 35.2. The third-order valence-corrected chi connectivity index (χ3v) is 13.9. The summed E-state index contributed by atoms with van der Waals surface area (Å²) in [5, 5.41) is 5.09. The van der Waals surface area contributed by atoms with Crippen LogP contribution in [0.1, 0.15) is 52.6 Å². The summed E-state index contributed by atoms with van der Waals surface area (Å²) in [5.74, 6) is 0.250. The lowest BCUT2D eigenvalue weighted by atomic mass is 9.74. The fourth-order valence-electron chi connectivity index (χ4n) is 11.0. The molecule has 0 heterocycles. The highest BCUT2D eigenvalue weighted by Gasteiger charge is 2.42. The minimum Gasteiger partial charge on any atom is -0.309 e. The quantitative estimate of drug-likeness (QED) is 0.145. The predicted molar refractivity (Wildman–Crippen MR) is 266 cm³/mol. The van der Waals surface area contributed by atoms with Crippen LogP contribution in [0.2, 0.25) is 0 Å². The van der Waals surface area contributed by atoms with Crippen LogP contribution >= 0.6 is 0 Å². The molecule has 0 aliphatic heterocycles. The van der Waals surface area contributed by atoms with Gasteiger partial charge in [0.25, 0.3) is 0 Å². The summed E-state index contributed by atoms with van der Waals surface area (Å²) in [4.78, 5) is 2.54. The molecule has 63 heavy (non-hydrogen) atoms. The molecule has 0 spiro atoms. The Morgan fingerprint density at radius 1 is 0.444 bits per heavy atom. The van der Waals surface area contributed by atoms with Crippen LogP contribution in [0.25, 0.3) is 61.0 Å². The third kappa shape index (κ3) is 5.92. The molecule has 10 aromatic carbocycles. The maximum Gasteiger partial charge on any atom is 0.0543 e. The molecule has 0 saturated heterocycles. The molecule has 298 valence electrons. The van der Waals surface area contributed by atoms with E-state index in [-0.39, 0.29) is 11.3 Å². The van der Waals surface area contributed by atoms with Crippen LogP contribution in [0, 0.1) is 0 Å². The van der Waals surface area contributed by atoms with Gasteiger partial charge in [-0.25, -0.2) is 0 Å². The first-order valence-corrected chi connectivity index (χ1v) is 22.2. The molecule has 0 radical (unpaired) electrons. The lowest BCUT2D eigenvalue weighted by Gasteiger charge is -2.32. The van der Waals surface area contributed by atoms with Gasteiger partial charge < -0.3 is 4.90 Å². The summed E-state index contributed by atoms with van der Waals surface area (Å²) in [5.41, 5.74) is 18.5. The Hall–Kier alpha value is -7.74. The van der Waals surface area contributed by atoms with Crippen molar-refractivity contribution in [3.05, 3.63) is 264 Å². The first-order chi connectivity index (χ1) is 31.2. The van der Waals surface area contributed by atoms with E-state index in [4.69, 9.17) is 0 Å². The van der Waals surface area contributed by atoms with E-state index >= 15 is 0 Å². The molecule has 12 rings (SSSR count). The van der Waals surface area contributed by atoms with Gasteiger partial charge >= 0.3 is 0 Å². The Balaban J connectivity index is 1.09. The van der Waals surface area contributed by atoms with Gasteiger partial charge in [0.05, 0.1) is 11.4 Å². The van der Waals surface area contributed by atoms with E-state index in [0.717, 1.165) is 17.8 Å². The summed E-state index contributed by atoms with van der Waals surface area (Å²) in [6.07, 6.45) is 5.63. The van der Waals surface area contributed by atoms with Crippen LogP contribution in [0.15, 0.2) is 231 Å². The van der Waals surface area contributed by atoms with Gasteiger partial charge in [-0.15, -0.1) is 0 Å². The number of allylic oxidation sites excluding steroid dienone is 1. The van der Waals surface area contributed by atoms with Crippen molar-refractivity contribution < 1.29 is 0 Å². The number of anilines is 3. The van der Waals surface area contributed by atoms with Crippen molar-refractivity contribution in [1.29, 1.82) is 0 Å². The number of nitrogens with zero attached hydrogens (tertiary/aromatic N) is 1. The van der Waals surface area contributed by atoms with E-state index in [0.29, 0.717) is 0 Å². The van der Waals surface area contributed by atoms with Crippen molar-refractivity contribution in [3.63, 3.8) is 0 Å². The fourth-order valence-corrected chi connectivity index (χ4v) is 11.0. The van der Waals surface area contributed by atoms with E-state index in [9.17, 15) is 0 Å². The smallest absolute Gasteiger partial charge is 0.0543 e. The molecular weight excluding hydrogens is 759 g/mol. The number of rotatable bonds is 7. The van der Waals surface area contributed by atoms with E-state index in [1.165, 1.54) is 94.0 Å². The molecule has 2 atom stereocenters. The van der Waals surface area contributed by atoms with Crippen molar-refractivity contribution in [2.45, 2.75) is 24.7 Å². The normalized spacial score (nSPS) is 16.1. The summed E-state index contributed by atoms with van der Waals surface area (Å²) in [6.45, 7) is 2.41. The molecule has 2 aliphatic rings. The topological polar surface area (TPSA) is 3.24 Å².